The maximum Gasteiger partial charge on any atom is 0.234 e. The molecule has 3 N–H and O–H groups in total. The molecule has 7 heteroatoms. The summed E-state index contributed by atoms with van der Waals surface area (Å²) in [5.74, 6) is 2.43. The van der Waals surface area contributed by atoms with E-state index in [0.29, 0.717) is 18.5 Å². The summed E-state index contributed by atoms with van der Waals surface area (Å²) >= 11 is 0. The first-order valence-electron chi connectivity index (χ1n) is 11.7. The normalized spacial score (nSPS) is 15.7. The second kappa shape index (κ2) is 13.9. The monoisotopic (exact) mass is 431 g/mol. The molecule has 1 aliphatic heterocycles. The molecule has 0 unspecified atom stereocenters. The number of carbonyl (C=O) groups excluding carboxylic acids is 1. The first kappa shape index (κ1) is 25.0. The van der Waals surface area contributed by atoms with E-state index in [4.69, 9.17) is 4.74 Å². The van der Waals surface area contributed by atoms with Crippen LogP contribution >= 0.6 is 0 Å². The molecule has 1 aromatic rings. The predicted molar refractivity (Wildman–Crippen MR) is 128 cm³/mol. The number of hydrogen-bond donors (Lipinski definition) is 3. The molecule has 2 rings (SSSR count). The zero-order valence-electron chi connectivity index (χ0n) is 19.7. The number of benzene rings is 1. The van der Waals surface area contributed by atoms with Crippen molar-refractivity contribution < 1.29 is 9.53 Å². The fourth-order valence-corrected chi connectivity index (χ4v) is 3.49. The molecule has 174 valence electrons. The smallest absolute Gasteiger partial charge is 0.234 e. The molecule has 7 nitrogen and oxygen atoms in total. The first-order chi connectivity index (χ1) is 15.0. The quantitative estimate of drug-likeness (QED) is 0.371. The van der Waals surface area contributed by atoms with Gasteiger partial charge in [-0.3, -0.25) is 14.7 Å². The summed E-state index contributed by atoms with van der Waals surface area (Å²) in [6.07, 6.45) is 3.93. The van der Waals surface area contributed by atoms with Gasteiger partial charge >= 0.3 is 0 Å². The van der Waals surface area contributed by atoms with Gasteiger partial charge in [-0.1, -0.05) is 32.9 Å². The summed E-state index contributed by atoms with van der Waals surface area (Å²) in [6.45, 7) is 11.1. The summed E-state index contributed by atoms with van der Waals surface area (Å²) in [7, 11) is 1.81. The van der Waals surface area contributed by atoms with Crippen LogP contribution in [0.1, 0.15) is 45.6 Å². The number of likely N-dealkylation sites (tertiary alicyclic amines) is 1. The van der Waals surface area contributed by atoms with Crippen LogP contribution in [0.3, 0.4) is 0 Å². The molecule has 1 aliphatic rings. The van der Waals surface area contributed by atoms with Gasteiger partial charge < -0.3 is 20.7 Å². The Morgan fingerprint density at radius 3 is 2.48 bits per heavy atom. The van der Waals surface area contributed by atoms with Crippen molar-refractivity contribution in [3.63, 3.8) is 0 Å². The van der Waals surface area contributed by atoms with E-state index in [-0.39, 0.29) is 5.91 Å². The molecule has 1 amide bonds. The van der Waals surface area contributed by atoms with E-state index >= 15 is 0 Å². The molecule has 31 heavy (non-hydrogen) atoms. The lowest BCUT2D eigenvalue weighted by atomic mass is 10.1. The Bertz CT molecular complexity index is 667. The van der Waals surface area contributed by atoms with E-state index in [2.05, 4.69) is 58.7 Å². The van der Waals surface area contributed by atoms with E-state index in [1.54, 1.807) is 0 Å². The van der Waals surface area contributed by atoms with E-state index in [1.165, 1.54) is 5.56 Å². The molecule has 0 aromatic heterocycles. The molecule has 0 bridgehead atoms. The first-order valence-corrected chi connectivity index (χ1v) is 11.7. The van der Waals surface area contributed by atoms with Gasteiger partial charge in [0.1, 0.15) is 5.75 Å². The van der Waals surface area contributed by atoms with Gasteiger partial charge in [-0.05, 0) is 49.3 Å². The zero-order chi connectivity index (χ0) is 22.5. The number of rotatable bonds is 11. The molecule has 0 aliphatic carbocycles. The van der Waals surface area contributed by atoms with Gasteiger partial charge in [0.25, 0.3) is 0 Å². The molecule has 1 heterocycles. The number of aliphatic imine (C=N–C) groups is 1. The zero-order valence-corrected chi connectivity index (χ0v) is 19.7. The van der Waals surface area contributed by atoms with Crippen LogP contribution in [0, 0.1) is 5.92 Å². The van der Waals surface area contributed by atoms with Crippen LogP contribution in [-0.2, 0) is 11.2 Å². The Labute approximate surface area is 188 Å². The maximum atomic E-state index is 11.9. The highest BCUT2D eigenvalue weighted by Gasteiger charge is 2.21. The van der Waals surface area contributed by atoms with E-state index in [1.807, 2.05) is 19.2 Å². The largest absolute Gasteiger partial charge is 0.493 e. The summed E-state index contributed by atoms with van der Waals surface area (Å²) in [6, 6.07) is 8.72. The van der Waals surface area contributed by atoms with Gasteiger partial charge in [0.2, 0.25) is 5.91 Å². The minimum Gasteiger partial charge on any atom is -0.493 e. The Morgan fingerprint density at radius 1 is 1.16 bits per heavy atom. The van der Waals surface area contributed by atoms with Crippen molar-refractivity contribution in [2.45, 2.75) is 52.5 Å². The van der Waals surface area contributed by atoms with Crippen LogP contribution in [0.4, 0.5) is 0 Å². The second-order valence-corrected chi connectivity index (χ2v) is 8.64. The highest BCUT2D eigenvalue weighted by molar-refractivity contribution is 5.80. The third-order valence-corrected chi connectivity index (χ3v) is 5.30. The molecular weight excluding hydrogens is 390 g/mol. The van der Waals surface area contributed by atoms with Crippen molar-refractivity contribution in [2.75, 3.05) is 46.4 Å². The Balaban J connectivity index is 1.65. The predicted octanol–water partition coefficient (Wildman–Crippen LogP) is 2.42. The van der Waals surface area contributed by atoms with Gasteiger partial charge in [0.05, 0.1) is 13.2 Å². The number of amides is 1. The van der Waals surface area contributed by atoms with Crippen LogP contribution < -0.4 is 20.7 Å². The number of ether oxygens (including phenoxy) is 1. The van der Waals surface area contributed by atoms with Crippen LogP contribution in [0.2, 0.25) is 0 Å². The highest BCUT2D eigenvalue weighted by atomic mass is 16.5. The molecule has 0 spiro atoms. The Morgan fingerprint density at radius 2 is 1.87 bits per heavy atom. The van der Waals surface area contributed by atoms with Gasteiger partial charge in [-0.15, -0.1) is 0 Å². The van der Waals surface area contributed by atoms with Crippen molar-refractivity contribution in [3.8, 4) is 5.75 Å². The summed E-state index contributed by atoms with van der Waals surface area (Å²) in [5.41, 5.74) is 1.27. The Kier molecular flexibility index (Phi) is 11.2. The van der Waals surface area contributed by atoms with Crippen molar-refractivity contribution in [3.05, 3.63) is 29.8 Å². The van der Waals surface area contributed by atoms with Gasteiger partial charge in [-0.2, -0.15) is 0 Å². The molecular formula is C24H41N5O2. The molecule has 0 saturated carbocycles. The lowest BCUT2D eigenvalue weighted by Gasteiger charge is -2.32. The van der Waals surface area contributed by atoms with Crippen molar-refractivity contribution in [1.29, 1.82) is 0 Å². The van der Waals surface area contributed by atoms with Gasteiger partial charge in [0, 0.05) is 39.3 Å². The van der Waals surface area contributed by atoms with Crippen LogP contribution in [0.5, 0.6) is 5.75 Å². The highest BCUT2D eigenvalue weighted by Crippen LogP contribution is 2.13. The summed E-state index contributed by atoms with van der Waals surface area (Å²) in [4.78, 5) is 18.5. The fourth-order valence-electron chi connectivity index (χ4n) is 3.49. The standard InChI is InChI=1S/C24H41N5O2/c1-5-13-26-23(30)17-29-15-11-21(12-16-29)28-24(25-4)27-14-10-20-6-8-22(9-7-20)31-18-19(2)3/h6-9,19,21H,5,10-18H2,1-4H3,(H,26,30)(H2,25,27,28). The van der Waals surface area contributed by atoms with Gasteiger partial charge in [-0.25, -0.2) is 0 Å². The third-order valence-electron chi connectivity index (χ3n) is 5.30. The summed E-state index contributed by atoms with van der Waals surface area (Å²) in [5, 5.41) is 9.89. The summed E-state index contributed by atoms with van der Waals surface area (Å²) < 4.78 is 5.74. The van der Waals surface area contributed by atoms with Crippen molar-refractivity contribution in [2.24, 2.45) is 10.9 Å². The van der Waals surface area contributed by atoms with Gasteiger partial charge in [0.15, 0.2) is 5.96 Å². The number of piperidine rings is 1. The van der Waals surface area contributed by atoms with E-state index < -0.39 is 0 Å². The molecule has 0 radical (unpaired) electrons. The fraction of sp³-hybridized carbons (Fsp3) is 0.667. The van der Waals surface area contributed by atoms with Crippen LogP contribution in [-0.4, -0.2) is 69.2 Å². The molecule has 1 aromatic carbocycles. The van der Waals surface area contributed by atoms with E-state index in [9.17, 15) is 4.79 Å². The second-order valence-electron chi connectivity index (χ2n) is 8.64. The van der Waals surface area contributed by atoms with Crippen LogP contribution in [0.25, 0.3) is 0 Å². The molecule has 1 fully saturated rings. The lowest BCUT2D eigenvalue weighted by molar-refractivity contribution is -0.122. The van der Waals surface area contributed by atoms with E-state index in [0.717, 1.165) is 70.2 Å². The van der Waals surface area contributed by atoms with Crippen LogP contribution in [0.15, 0.2) is 29.3 Å². The topological polar surface area (TPSA) is 78.0 Å². The van der Waals surface area contributed by atoms with Crippen molar-refractivity contribution in [1.82, 2.24) is 20.9 Å². The number of guanidine groups is 1. The third kappa shape index (κ3) is 10.0. The van der Waals surface area contributed by atoms with Crippen molar-refractivity contribution >= 4 is 11.9 Å². The minimum atomic E-state index is 0.130. The number of hydrogen-bond acceptors (Lipinski definition) is 4. The number of carbonyl (C=O) groups is 1. The SMILES string of the molecule is CCCNC(=O)CN1CCC(NC(=NC)NCCc2ccc(OCC(C)C)cc2)CC1. The number of nitrogens with one attached hydrogen (secondary N) is 3. The minimum absolute atomic E-state index is 0.130. The maximum absolute atomic E-state index is 11.9. The average Bonchev–Trinajstić information content (AvgIpc) is 2.77. The molecule has 1 saturated heterocycles. The Hall–Kier alpha value is -2.28. The molecule has 0 atom stereocenters. The lowest BCUT2D eigenvalue weighted by Crippen LogP contribution is -2.50. The number of nitrogens with zero attached hydrogens (tertiary/aromatic N) is 2. The average molecular weight is 432 g/mol.